The Bertz CT molecular complexity index is 2010. The standard InChI is InChI=1S/C47H70N4O12/c1-25(52)59-24-32-37(60-26(2)53)38(61-27(3)54)39(62-28(4)55)40(63-32)51-23-29(49-50-51)22-48-41(58)47-19-18-42(5,6)20-31(47)30-12-13-34-44(9)16-15-35(56)43(7,8)33(44)14-17-45(34,10)46(30,11)21-36(47)57/h12,23,31-40,56-57H,13-22,24H2,1-11H3,(H,48,58)/t31?,32-,33?,34?,35-,36+,37-,38+,39-,40-,44-,45+,46+,47+/m0/s1. The van der Waals surface area contributed by atoms with Gasteiger partial charge in [-0.1, -0.05) is 65.3 Å². The maximum Gasteiger partial charge on any atom is 0.303 e. The van der Waals surface area contributed by atoms with Crippen LogP contribution in [0.2, 0.25) is 0 Å². The van der Waals surface area contributed by atoms with Gasteiger partial charge in [-0.05, 0) is 103 Å². The molecule has 350 valence electrons. The summed E-state index contributed by atoms with van der Waals surface area (Å²) in [5, 5.41) is 35.5. The monoisotopic (exact) mass is 882 g/mol. The second kappa shape index (κ2) is 16.5. The highest BCUT2D eigenvalue weighted by Gasteiger charge is 2.71. The topological polar surface area (TPSA) is 215 Å². The van der Waals surface area contributed by atoms with Crippen LogP contribution >= 0.6 is 0 Å². The van der Waals surface area contributed by atoms with Crippen LogP contribution < -0.4 is 5.32 Å². The van der Waals surface area contributed by atoms with Gasteiger partial charge in [0.05, 0.1) is 30.4 Å². The molecule has 1 aromatic rings. The Balaban J connectivity index is 1.17. The molecule has 0 radical (unpaired) electrons. The molecule has 3 N–H and O–H groups in total. The Kier molecular flexibility index (Phi) is 12.3. The third kappa shape index (κ3) is 7.91. The Labute approximate surface area is 370 Å². The highest BCUT2D eigenvalue weighted by Crippen LogP contribution is 2.75. The van der Waals surface area contributed by atoms with Gasteiger partial charge in [-0.3, -0.25) is 24.0 Å². The summed E-state index contributed by atoms with van der Waals surface area (Å²) in [6.07, 6.45) is 3.39. The van der Waals surface area contributed by atoms with Crippen LogP contribution in [0.3, 0.4) is 0 Å². The molecule has 16 heteroatoms. The number of allylic oxidation sites excluding steroid dienone is 2. The number of carbonyl (C=O) groups excluding carboxylic acids is 5. The molecule has 14 atom stereocenters. The molecule has 16 nitrogen and oxygen atoms in total. The second-order valence-electron chi connectivity index (χ2n) is 21.8. The third-order valence-electron chi connectivity index (χ3n) is 17.3. The summed E-state index contributed by atoms with van der Waals surface area (Å²) in [6.45, 7) is 20.5. The van der Waals surface area contributed by atoms with Crippen molar-refractivity contribution in [3.63, 3.8) is 0 Å². The van der Waals surface area contributed by atoms with Gasteiger partial charge in [0.15, 0.2) is 24.5 Å². The van der Waals surface area contributed by atoms with Gasteiger partial charge in [-0.25, -0.2) is 4.68 Å². The summed E-state index contributed by atoms with van der Waals surface area (Å²) >= 11 is 0. The van der Waals surface area contributed by atoms with E-state index in [9.17, 15) is 34.2 Å². The van der Waals surface area contributed by atoms with Crippen molar-refractivity contribution in [2.24, 2.45) is 50.2 Å². The average Bonchev–Trinajstić information content (AvgIpc) is 3.65. The molecule has 3 unspecified atom stereocenters. The molecular formula is C47H70N4O12. The lowest BCUT2D eigenvalue weighted by Crippen LogP contribution is -2.68. The van der Waals surface area contributed by atoms with Crippen molar-refractivity contribution in [3.8, 4) is 0 Å². The first kappa shape index (κ1) is 47.1. The number of carbonyl (C=O) groups is 5. The fourth-order valence-corrected chi connectivity index (χ4v) is 14.0. The van der Waals surface area contributed by atoms with Crippen LogP contribution in [-0.4, -0.2) is 98.2 Å². The largest absolute Gasteiger partial charge is 0.463 e. The summed E-state index contributed by atoms with van der Waals surface area (Å²) in [5.41, 5.74) is -0.0783. The van der Waals surface area contributed by atoms with E-state index in [1.165, 1.54) is 23.4 Å². The van der Waals surface area contributed by atoms with Gasteiger partial charge in [-0.15, -0.1) is 5.10 Å². The number of rotatable bonds is 9. The highest BCUT2D eigenvalue weighted by atomic mass is 16.7. The number of fused-ring (bicyclic) bond motifs is 7. The molecule has 5 aliphatic carbocycles. The van der Waals surface area contributed by atoms with Crippen molar-refractivity contribution in [2.45, 2.75) is 183 Å². The maximum absolute atomic E-state index is 15.0. The molecule has 2 heterocycles. The lowest BCUT2D eigenvalue weighted by atomic mass is 9.33. The summed E-state index contributed by atoms with van der Waals surface area (Å²) in [5.74, 6) is -2.55. The SMILES string of the molecule is CC(=O)OC[C@@H]1O[C@H](n2cc(CNC(=O)[C@]34CCC(C)(C)CC3C3=CCC5[C@@]6(C)CC[C@H](O)C(C)(C)C6CC[C@@]5(C)[C@]3(C)C[C@H]4O)nn2)[C@@H](OC(C)=O)[C@H](OC(C)=O)[C@H]1OC(C)=O. The van der Waals surface area contributed by atoms with Crippen molar-refractivity contribution in [2.75, 3.05) is 6.61 Å². The first-order valence-corrected chi connectivity index (χ1v) is 22.9. The minimum Gasteiger partial charge on any atom is -0.463 e. The Morgan fingerprint density at radius 1 is 0.794 bits per heavy atom. The van der Waals surface area contributed by atoms with Crippen LogP contribution in [0.1, 0.15) is 146 Å². The fraction of sp³-hybridized carbons (Fsp3) is 0.809. The number of hydrogen-bond donors (Lipinski definition) is 3. The van der Waals surface area contributed by atoms with Crippen molar-refractivity contribution in [1.82, 2.24) is 20.3 Å². The summed E-state index contributed by atoms with van der Waals surface area (Å²) < 4.78 is 29.4. The van der Waals surface area contributed by atoms with Crippen LogP contribution in [0.4, 0.5) is 0 Å². The summed E-state index contributed by atoms with van der Waals surface area (Å²) in [4.78, 5) is 63.8. The van der Waals surface area contributed by atoms with Crippen molar-refractivity contribution in [1.29, 1.82) is 0 Å². The number of ether oxygens (including phenoxy) is 5. The number of hydrogen-bond acceptors (Lipinski definition) is 14. The van der Waals surface area contributed by atoms with E-state index in [1.54, 1.807) is 0 Å². The second-order valence-corrected chi connectivity index (χ2v) is 21.8. The van der Waals surface area contributed by atoms with Crippen LogP contribution in [0.15, 0.2) is 17.8 Å². The van der Waals surface area contributed by atoms with Crippen molar-refractivity contribution < 1.29 is 57.9 Å². The van der Waals surface area contributed by atoms with Crippen LogP contribution in [0.25, 0.3) is 0 Å². The Hall–Kier alpha value is -3.89. The molecule has 4 saturated carbocycles. The van der Waals surface area contributed by atoms with Crippen LogP contribution in [0, 0.1) is 50.2 Å². The van der Waals surface area contributed by atoms with E-state index in [0.29, 0.717) is 30.4 Å². The molecule has 1 amide bonds. The van der Waals surface area contributed by atoms with Gasteiger partial charge in [0, 0.05) is 27.7 Å². The quantitative estimate of drug-likeness (QED) is 0.164. The molecule has 5 fully saturated rings. The number of amides is 1. The zero-order valence-corrected chi connectivity index (χ0v) is 39.0. The lowest BCUT2D eigenvalue weighted by molar-refractivity contribution is -0.270. The Morgan fingerprint density at radius 3 is 2.10 bits per heavy atom. The molecule has 63 heavy (non-hydrogen) atoms. The molecule has 7 rings (SSSR count). The van der Waals surface area contributed by atoms with E-state index >= 15 is 0 Å². The van der Waals surface area contributed by atoms with E-state index in [1.807, 2.05) is 0 Å². The number of aliphatic hydroxyl groups is 2. The number of aromatic nitrogens is 3. The number of esters is 4. The minimum atomic E-state index is -1.39. The van der Waals surface area contributed by atoms with Crippen LogP contribution in [0.5, 0.6) is 0 Å². The van der Waals surface area contributed by atoms with E-state index in [-0.39, 0.29) is 51.5 Å². The van der Waals surface area contributed by atoms with Gasteiger partial charge >= 0.3 is 23.9 Å². The summed E-state index contributed by atoms with van der Waals surface area (Å²) in [6, 6.07) is 0. The fourth-order valence-electron chi connectivity index (χ4n) is 14.0. The average molecular weight is 883 g/mol. The maximum atomic E-state index is 15.0. The van der Waals surface area contributed by atoms with E-state index in [2.05, 4.69) is 70.2 Å². The molecular weight excluding hydrogens is 813 g/mol. The zero-order valence-electron chi connectivity index (χ0n) is 39.0. The highest BCUT2D eigenvalue weighted by molar-refractivity contribution is 5.85. The minimum absolute atomic E-state index is 0.0381. The number of nitrogens with one attached hydrogen (secondary N) is 1. The summed E-state index contributed by atoms with van der Waals surface area (Å²) in [7, 11) is 0. The predicted molar refractivity (Wildman–Crippen MR) is 226 cm³/mol. The first-order chi connectivity index (χ1) is 29.3. The van der Waals surface area contributed by atoms with Gasteiger partial charge in [0.25, 0.3) is 0 Å². The molecule has 0 aromatic carbocycles. The number of nitrogens with zero attached hydrogens (tertiary/aromatic N) is 3. The Morgan fingerprint density at radius 2 is 1.44 bits per heavy atom. The molecule has 1 saturated heterocycles. The van der Waals surface area contributed by atoms with Gasteiger partial charge in [0.2, 0.25) is 5.91 Å². The smallest absolute Gasteiger partial charge is 0.303 e. The van der Waals surface area contributed by atoms with E-state index in [0.717, 1.165) is 65.7 Å². The van der Waals surface area contributed by atoms with Crippen molar-refractivity contribution >= 4 is 29.8 Å². The van der Waals surface area contributed by atoms with Gasteiger partial charge in [0.1, 0.15) is 18.4 Å². The predicted octanol–water partition coefficient (Wildman–Crippen LogP) is 5.28. The van der Waals surface area contributed by atoms with Gasteiger partial charge in [-0.2, -0.15) is 0 Å². The van der Waals surface area contributed by atoms with Gasteiger partial charge < -0.3 is 39.2 Å². The molecule has 0 bridgehead atoms. The first-order valence-electron chi connectivity index (χ1n) is 22.9. The molecule has 6 aliphatic rings. The van der Waals surface area contributed by atoms with Crippen molar-refractivity contribution in [3.05, 3.63) is 23.5 Å². The third-order valence-corrected chi connectivity index (χ3v) is 17.3. The zero-order chi connectivity index (χ0) is 46.2. The molecule has 1 aromatic heterocycles. The van der Waals surface area contributed by atoms with Crippen LogP contribution in [-0.2, 0) is 54.2 Å². The normalized spacial score (nSPS) is 41.2. The van der Waals surface area contributed by atoms with E-state index < -0.39 is 72.6 Å². The number of aliphatic hydroxyl groups excluding tert-OH is 2. The molecule has 1 aliphatic heterocycles. The van der Waals surface area contributed by atoms with E-state index in [4.69, 9.17) is 23.7 Å². The molecule has 0 spiro atoms. The lowest BCUT2D eigenvalue weighted by Gasteiger charge is -2.71.